The number of fused-ring (bicyclic) bond motifs is 3. The number of carboxylic acids is 1. The summed E-state index contributed by atoms with van der Waals surface area (Å²) >= 11 is 0. The van der Waals surface area contributed by atoms with Gasteiger partial charge in [-0.3, -0.25) is 14.4 Å². The molecule has 250 valence electrons. The number of methoxy groups -OCH3 is 1. The molecule has 10 heteroatoms. The van der Waals surface area contributed by atoms with Crippen molar-refractivity contribution in [3.05, 3.63) is 95.1 Å². The molecule has 1 saturated carbocycles. The van der Waals surface area contributed by atoms with Crippen molar-refractivity contribution in [3.8, 4) is 11.5 Å². The molecule has 0 spiro atoms. The molecular formula is C37H42O10. The first-order valence-electron chi connectivity index (χ1n) is 15.6. The molecule has 5 N–H and O–H groups in total. The molecule has 8 atom stereocenters. The molecule has 3 aliphatic carbocycles. The molecule has 0 bridgehead atoms. The highest BCUT2D eigenvalue weighted by Gasteiger charge is 2.69. The number of hydrogen-bond acceptors (Lipinski definition) is 9. The van der Waals surface area contributed by atoms with Gasteiger partial charge in [0.15, 0.2) is 17.3 Å². The molecule has 10 nitrogen and oxygen atoms in total. The summed E-state index contributed by atoms with van der Waals surface area (Å²) in [5.41, 5.74) is -6.77. The summed E-state index contributed by atoms with van der Waals surface area (Å²) in [6, 6.07) is 12.9. The number of carboxylic acid groups (broad SMARTS) is 1. The summed E-state index contributed by atoms with van der Waals surface area (Å²) in [4.78, 5) is 40.6. The van der Waals surface area contributed by atoms with Gasteiger partial charge in [-0.2, -0.15) is 0 Å². The number of esters is 1. The fraction of sp³-hybridized carbons (Fsp3) is 0.432. The zero-order chi connectivity index (χ0) is 34.7. The Morgan fingerprint density at radius 1 is 1.09 bits per heavy atom. The lowest BCUT2D eigenvalue weighted by molar-refractivity contribution is -0.232. The molecule has 1 unspecified atom stereocenters. The van der Waals surface area contributed by atoms with Gasteiger partial charge < -0.3 is 35.0 Å². The number of aliphatic hydroxyl groups is 3. The van der Waals surface area contributed by atoms with Gasteiger partial charge in [0.25, 0.3) is 0 Å². The Morgan fingerprint density at radius 3 is 2.34 bits per heavy atom. The number of aliphatic carboxylic acids is 1. The number of hydrogen-bond donors (Lipinski definition) is 5. The van der Waals surface area contributed by atoms with Crippen LogP contribution in [-0.2, 0) is 31.0 Å². The first-order valence-corrected chi connectivity index (χ1v) is 15.6. The Morgan fingerprint density at radius 2 is 1.74 bits per heavy atom. The quantitative estimate of drug-likeness (QED) is 0.210. The third-order valence-electron chi connectivity index (χ3n) is 10.8. The maximum atomic E-state index is 13.8. The third-order valence-corrected chi connectivity index (χ3v) is 10.8. The molecule has 1 fully saturated rings. The summed E-state index contributed by atoms with van der Waals surface area (Å²) < 4.78 is 11.3. The van der Waals surface area contributed by atoms with Crippen LogP contribution in [0.1, 0.15) is 51.7 Å². The van der Waals surface area contributed by atoms with E-state index in [9.17, 15) is 39.9 Å². The van der Waals surface area contributed by atoms with E-state index in [0.29, 0.717) is 5.56 Å². The average Bonchev–Trinajstić information content (AvgIpc) is 3.18. The van der Waals surface area contributed by atoms with Crippen molar-refractivity contribution < 1.29 is 49.4 Å². The molecular weight excluding hydrogens is 604 g/mol. The molecule has 0 heterocycles. The van der Waals surface area contributed by atoms with E-state index in [2.05, 4.69) is 6.58 Å². The van der Waals surface area contributed by atoms with Crippen molar-refractivity contribution >= 4 is 17.7 Å². The predicted molar refractivity (Wildman–Crippen MR) is 172 cm³/mol. The van der Waals surface area contributed by atoms with Gasteiger partial charge in [0.05, 0.1) is 19.1 Å². The summed E-state index contributed by atoms with van der Waals surface area (Å²) in [6.45, 7) is 10.2. The fourth-order valence-electron chi connectivity index (χ4n) is 7.88. The maximum absolute atomic E-state index is 13.8. The number of ether oxygens (including phenoxy) is 2. The molecule has 0 aliphatic heterocycles. The van der Waals surface area contributed by atoms with Crippen molar-refractivity contribution in [1.82, 2.24) is 0 Å². The molecule has 0 radical (unpaired) electrons. The van der Waals surface area contributed by atoms with E-state index in [1.807, 2.05) is 0 Å². The van der Waals surface area contributed by atoms with Crippen LogP contribution in [0.2, 0.25) is 0 Å². The molecule has 5 rings (SSSR count). The Labute approximate surface area is 273 Å². The first kappa shape index (κ1) is 34.1. The molecule has 0 amide bonds. The summed E-state index contributed by atoms with van der Waals surface area (Å²) in [6.07, 6.45) is 0.708. The van der Waals surface area contributed by atoms with Gasteiger partial charge in [0.1, 0.15) is 22.7 Å². The van der Waals surface area contributed by atoms with Crippen LogP contribution in [-0.4, -0.2) is 73.3 Å². The standard InChI is InChI=1S/C37H42O10/c1-20(2)35(43)18-22(4)37(45)26(32(35)47-30(39)15-23-10-8-7-9-11-23)16-25(19-36(44)29(37)14-21(3)31(36)40)34(5,33(41)42)24-12-13-27(38)28(17-24)46-6/h7-14,16-17,22,26,29,32,38,43-45H,1,15,18-19H2,2-6H3,(H,41,42)/t22-,26+,29-,32-,34?,35-,36-,37-/m1/s1. The monoisotopic (exact) mass is 646 g/mol. The van der Waals surface area contributed by atoms with Crippen molar-refractivity contribution in [3.63, 3.8) is 0 Å². The molecule has 0 aromatic heterocycles. The Hall–Kier alpha value is -4.25. The number of benzene rings is 2. The highest BCUT2D eigenvalue weighted by Crippen LogP contribution is 2.59. The first-order chi connectivity index (χ1) is 21.9. The molecule has 2 aromatic rings. The molecule has 3 aliphatic rings. The minimum atomic E-state index is -2.26. The van der Waals surface area contributed by atoms with Gasteiger partial charge in [-0.1, -0.05) is 62.1 Å². The predicted octanol–water partition coefficient (Wildman–Crippen LogP) is 3.80. The Bertz CT molecular complexity index is 1690. The zero-order valence-electron chi connectivity index (χ0n) is 27.2. The van der Waals surface area contributed by atoms with Gasteiger partial charge >= 0.3 is 11.9 Å². The van der Waals surface area contributed by atoms with Crippen molar-refractivity contribution in [2.24, 2.45) is 17.8 Å². The molecule has 2 aromatic carbocycles. The Balaban J connectivity index is 1.77. The summed E-state index contributed by atoms with van der Waals surface area (Å²) in [5, 5.41) is 58.6. The number of rotatable bonds is 8. The van der Waals surface area contributed by atoms with Gasteiger partial charge in [0, 0.05) is 18.3 Å². The van der Waals surface area contributed by atoms with E-state index < -0.39 is 70.2 Å². The number of carbonyl (C=O) groups is 3. The maximum Gasteiger partial charge on any atom is 0.318 e. The van der Waals surface area contributed by atoms with E-state index in [1.165, 1.54) is 51.3 Å². The number of Topliss-reactive ketones (excluding diaryl/α,β-unsaturated/α-hetero) is 1. The lowest BCUT2D eigenvalue weighted by Gasteiger charge is -2.56. The van der Waals surface area contributed by atoms with Crippen LogP contribution in [0.25, 0.3) is 0 Å². The van der Waals surface area contributed by atoms with Crippen LogP contribution in [0.4, 0.5) is 0 Å². The zero-order valence-corrected chi connectivity index (χ0v) is 27.2. The minimum Gasteiger partial charge on any atom is -0.504 e. The van der Waals surface area contributed by atoms with Crippen LogP contribution in [0.5, 0.6) is 11.5 Å². The number of phenolic OH excluding ortho intramolecular Hbond substituents is 1. The second kappa shape index (κ2) is 11.8. The molecule has 0 saturated heterocycles. The van der Waals surface area contributed by atoms with E-state index in [0.717, 1.165) is 0 Å². The molecule has 47 heavy (non-hydrogen) atoms. The summed E-state index contributed by atoms with van der Waals surface area (Å²) in [5.74, 6) is -6.30. The van der Waals surface area contributed by atoms with Gasteiger partial charge in [0.2, 0.25) is 0 Å². The van der Waals surface area contributed by atoms with Crippen molar-refractivity contribution in [2.75, 3.05) is 7.11 Å². The van der Waals surface area contributed by atoms with E-state index in [1.54, 1.807) is 44.2 Å². The van der Waals surface area contributed by atoms with E-state index in [4.69, 9.17) is 9.47 Å². The SMILES string of the molecule is C=C(C)[C@]1(O)C[C@@H](C)[C@@]2(O)[C@@H](C=C(C(C)(C(=O)O)c3ccc(O)c(OC)c3)C[C@]3(O)C(=O)C(C)=C[C@@H]23)[C@H]1OC(=O)Cc1ccccc1. The normalized spacial score (nSPS) is 32.9. The van der Waals surface area contributed by atoms with E-state index in [-0.39, 0.29) is 46.6 Å². The number of phenols is 1. The smallest absolute Gasteiger partial charge is 0.318 e. The van der Waals surface area contributed by atoms with Gasteiger partial charge in [-0.15, -0.1) is 0 Å². The summed E-state index contributed by atoms with van der Waals surface area (Å²) in [7, 11) is 1.32. The van der Waals surface area contributed by atoms with Crippen LogP contribution in [0.15, 0.2) is 84.0 Å². The lowest BCUT2D eigenvalue weighted by Crippen LogP contribution is -2.68. The topological polar surface area (TPSA) is 171 Å². The van der Waals surface area contributed by atoms with Crippen LogP contribution >= 0.6 is 0 Å². The highest BCUT2D eigenvalue weighted by atomic mass is 16.6. The van der Waals surface area contributed by atoms with Crippen LogP contribution in [0, 0.1) is 17.8 Å². The minimum absolute atomic E-state index is 0.00223. The Kier molecular flexibility index (Phi) is 8.54. The number of carbonyl (C=O) groups excluding carboxylic acids is 2. The van der Waals surface area contributed by atoms with Crippen LogP contribution < -0.4 is 4.74 Å². The van der Waals surface area contributed by atoms with Crippen molar-refractivity contribution in [2.45, 2.75) is 75.3 Å². The second-order valence-corrected chi connectivity index (χ2v) is 13.6. The van der Waals surface area contributed by atoms with Gasteiger partial charge in [-0.05, 0) is 73.1 Å². The largest absolute Gasteiger partial charge is 0.504 e. The van der Waals surface area contributed by atoms with Crippen LogP contribution in [0.3, 0.4) is 0 Å². The van der Waals surface area contributed by atoms with E-state index >= 15 is 0 Å². The number of aromatic hydroxyl groups is 1. The van der Waals surface area contributed by atoms with Crippen molar-refractivity contribution in [1.29, 1.82) is 0 Å². The van der Waals surface area contributed by atoms with Gasteiger partial charge in [-0.25, -0.2) is 0 Å². The fourth-order valence-corrected chi connectivity index (χ4v) is 7.88. The average molecular weight is 647 g/mol. The second-order valence-electron chi connectivity index (χ2n) is 13.6. The lowest BCUT2D eigenvalue weighted by atomic mass is 9.55. The highest BCUT2D eigenvalue weighted by molar-refractivity contribution is 6.05. The number of ketones is 1. The third kappa shape index (κ3) is 5.19.